The van der Waals surface area contributed by atoms with Crippen LogP contribution in [0.2, 0.25) is 0 Å². The third-order valence-electron chi connectivity index (χ3n) is 4.57. The van der Waals surface area contributed by atoms with Crippen LogP contribution in [0, 0.1) is 23.0 Å². The number of nitriles is 1. The van der Waals surface area contributed by atoms with E-state index in [1.54, 1.807) is 6.07 Å². The Hall–Kier alpha value is -1.51. The average Bonchev–Trinajstić information content (AvgIpc) is 2.50. The number of benzene rings is 1. The highest BCUT2D eigenvalue weighted by Crippen LogP contribution is 2.23. The van der Waals surface area contributed by atoms with E-state index < -0.39 is 11.6 Å². The Morgan fingerprint density at radius 1 is 1.14 bits per heavy atom. The molecule has 0 saturated carbocycles. The van der Waals surface area contributed by atoms with Crippen molar-refractivity contribution in [2.24, 2.45) is 0 Å². The van der Waals surface area contributed by atoms with Gasteiger partial charge in [0, 0.05) is 43.9 Å². The van der Waals surface area contributed by atoms with Crippen LogP contribution in [-0.4, -0.2) is 42.0 Å². The van der Waals surface area contributed by atoms with Gasteiger partial charge in [-0.05, 0) is 25.5 Å². The van der Waals surface area contributed by atoms with Gasteiger partial charge in [-0.3, -0.25) is 9.80 Å². The van der Waals surface area contributed by atoms with Crippen molar-refractivity contribution in [1.29, 1.82) is 5.26 Å². The molecule has 0 unspecified atom stereocenters. The molecule has 0 amide bonds. The van der Waals surface area contributed by atoms with E-state index in [0.29, 0.717) is 18.2 Å². The standard InChI is InChI=1S/C16H19F2N3/c17-15-8-16(18)13(7-12(15)9-19)10-20-5-6-21-4-2-1-3-14(21)11-20/h7-8,14H,1-6,10-11H2/t14-/m0/s1. The van der Waals surface area contributed by atoms with Crippen molar-refractivity contribution in [1.82, 2.24) is 9.80 Å². The second kappa shape index (κ2) is 6.08. The molecule has 3 nitrogen and oxygen atoms in total. The van der Waals surface area contributed by atoms with Gasteiger partial charge in [0.2, 0.25) is 0 Å². The van der Waals surface area contributed by atoms with Crippen molar-refractivity contribution in [2.45, 2.75) is 31.8 Å². The molecule has 1 atom stereocenters. The quantitative estimate of drug-likeness (QED) is 0.838. The Balaban J connectivity index is 1.71. The largest absolute Gasteiger partial charge is 0.298 e. The molecular formula is C16H19F2N3. The van der Waals surface area contributed by atoms with Gasteiger partial charge in [-0.2, -0.15) is 5.26 Å². The Morgan fingerprint density at radius 2 is 2.00 bits per heavy atom. The summed E-state index contributed by atoms with van der Waals surface area (Å²) in [4.78, 5) is 4.73. The SMILES string of the molecule is N#Cc1cc(CN2CCN3CCCC[C@H]3C2)c(F)cc1F. The van der Waals surface area contributed by atoms with Crippen LogP contribution in [-0.2, 0) is 6.54 Å². The first kappa shape index (κ1) is 14.4. The number of halogens is 2. The summed E-state index contributed by atoms with van der Waals surface area (Å²) in [5.74, 6) is -1.34. The minimum absolute atomic E-state index is 0.0808. The molecule has 2 heterocycles. The number of piperidine rings is 1. The molecule has 2 fully saturated rings. The highest BCUT2D eigenvalue weighted by molar-refractivity contribution is 5.35. The minimum Gasteiger partial charge on any atom is -0.298 e. The second-order valence-electron chi connectivity index (χ2n) is 5.96. The molecule has 5 heteroatoms. The Kier molecular flexibility index (Phi) is 4.18. The zero-order chi connectivity index (χ0) is 14.8. The second-order valence-corrected chi connectivity index (χ2v) is 5.96. The number of hydrogen-bond donors (Lipinski definition) is 0. The molecule has 1 aromatic rings. The summed E-state index contributed by atoms with van der Waals surface area (Å²) in [7, 11) is 0. The molecule has 0 N–H and O–H groups in total. The van der Waals surface area contributed by atoms with E-state index in [2.05, 4.69) is 9.80 Å². The van der Waals surface area contributed by atoms with Crippen molar-refractivity contribution in [3.63, 3.8) is 0 Å². The molecule has 2 aliphatic rings. The van der Waals surface area contributed by atoms with Crippen molar-refractivity contribution < 1.29 is 8.78 Å². The van der Waals surface area contributed by atoms with Gasteiger partial charge in [-0.25, -0.2) is 8.78 Å². The molecule has 3 rings (SSSR count). The Bertz CT molecular complexity index is 567. The summed E-state index contributed by atoms with van der Waals surface area (Å²) in [6.07, 6.45) is 3.74. The molecule has 0 aliphatic carbocycles. The number of rotatable bonds is 2. The predicted molar refractivity (Wildman–Crippen MR) is 75.6 cm³/mol. The summed E-state index contributed by atoms with van der Waals surface area (Å²) >= 11 is 0. The fraction of sp³-hybridized carbons (Fsp3) is 0.562. The van der Waals surface area contributed by atoms with Crippen LogP contribution in [0.5, 0.6) is 0 Å². The molecule has 21 heavy (non-hydrogen) atoms. The Labute approximate surface area is 123 Å². The monoisotopic (exact) mass is 291 g/mol. The van der Waals surface area contributed by atoms with Crippen LogP contribution in [0.25, 0.3) is 0 Å². The molecule has 2 aliphatic heterocycles. The maximum absolute atomic E-state index is 13.9. The summed E-state index contributed by atoms with van der Waals surface area (Å²) in [5.41, 5.74) is 0.333. The van der Waals surface area contributed by atoms with E-state index in [1.807, 2.05) is 0 Å². The summed E-state index contributed by atoms with van der Waals surface area (Å²) in [5, 5.41) is 8.86. The lowest BCUT2D eigenvalue weighted by molar-refractivity contribution is 0.0452. The first-order valence-electron chi connectivity index (χ1n) is 7.52. The molecule has 1 aromatic carbocycles. The maximum atomic E-state index is 13.9. The topological polar surface area (TPSA) is 30.3 Å². The van der Waals surface area contributed by atoms with Gasteiger partial charge >= 0.3 is 0 Å². The van der Waals surface area contributed by atoms with Crippen molar-refractivity contribution in [3.8, 4) is 6.07 Å². The van der Waals surface area contributed by atoms with Crippen LogP contribution in [0.15, 0.2) is 12.1 Å². The van der Waals surface area contributed by atoms with Crippen molar-refractivity contribution in [3.05, 3.63) is 34.9 Å². The molecule has 0 bridgehead atoms. The van der Waals surface area contributed by atoms with Gasteiger partial charge in [0.15, 0.2) is 0 Å². The van der Waals surface area contributed by atoms with Gasteiger partial charge in [-0.15, -0.1) is 0 Å². The van der Waals surface area contributed by atoms with E-state index in [0.717, 1.165) is 25.7 Å². The van der Waals surface area contributed by atoms with E-state index in [1.165, 1.54) is 31.9 Å². The zero-order valence-corrected chi connectivity index (χ0v) is 12.0. The normalized spacial score (nSPS) is 23.6. The van der Waals surface area contributed by atoms with Gasteiger partial charge in [0.1, 0.15) is 17.7 Å². The molecular weight excluding hydrogens is 272 g/mol. The van der Waals surface area contributed by atoms with E-state index in [-0.39, 0.29) is 5.56 Å². The summed E-state index contributed by atoms with van der Waals surface area (Å²) in [6.45, 7) is 4.46. The summed E-state index contributed by atoms with van der Waals surface area (Å²) in [6, 6.07) is 4.51. The highest BCUT2D eigenvalue weighted by Gasteiger charge is 2.29. The van der Waals surface area contributed by atoms with E-state index >= 15 is 0 Å². The van der Waals surface area contributed by atoms with E-state index in [9.17, 15) is 8.78 Å². The molecule has 0 radical (unpaired) electrons. The number of hydrogen-bond acceptors (Lipinski definition) is 3. The zero-order valence-electron chi connectivity index (χ0n) is 12.0. The average molecular weight is 291 g/mol. The lowest BCUT2D eigenvalue weighted by atomic mass is 9.99. The van der Waals surface area contributed by atoms with Crippen LogP contribution < -0.4 is 0 Å². The molecule has 2 saturated heterocycles. The molecule has 0 spiro atoms. The van der Waals surface area contributed by atoms with Crippen LogP contribution in [0.1, 0.15) is 30.4 Å². The lowest BCUT2D eigenvalue weighted by Crippen LogP contribution is -2.54. The van der Waals surface area contributed by atoms with Gasteiger partial charge in [-0.1, -0.05) is 6.42 Å². The van der Waals surface area contributed by atoms with Crippen LogP contribution in [0.4, 0.5) is 8.78 Å². The van der Waals surface area contributed by atoms with Crippen LogP contribution in [0.3, 0.4) is 0 Å². The van der Waals surface area contributed by atoms with Crippen molar-refractivity contribution in [2.75, 3.05) is 26.2 Å². The van der Waals surface area contributed by atoms with Gasteiger partial charge in [0.25, 0.3) is 0 Å². The smallest absolute Gasteiger partial charge is 0.143 e. The summed E-state index contributed by atoms with van der Waals surface area (Å²) < 4.78 is 27.2. The van der Waals surface area contributed by atoms with Crippen LogP contribution >= 0.6 is 0 Å². The fourth-order valence-corrected chi connectivity index (χ4v) is 3.41. The lowest BCUT2D eigenvalue weighted by Gasteiger charge is -2.44. The van der Waals surface area contributed by atoms with Gasteiger partial charge < -0.3 is 0 Å². The first-order chi connectivity index (χ1) is 10.2. The number of piperazine rings is 1. The number of fused-ring (bicyclic) bond motifs is 1. The third-order valence-corrected chi connectivity index (χ3v) is 4.57. The van der Waals surface area contributed by atoms with Gasteiger partial charge in [0.05, 0.1) is 5.56 Å². The Morgan fingerprint density at radius 3 is 2.81 bits per heavy atom. The number of nitrogens with zero attached hydrogens (tertiary/aromatic N) is 3. The fourth-order valence-electron chi connectivity index (χ4n) is 3.41. The molecule has 0 aromatic heterocycles. The van der Waals surface area contributed by atoms with E-state index in [4.69, 9.17) is 5.26 Å². The minimum atomic E-state index is -0.782. The highest BCUT2D eigenvalue weighted by atomic mass is 19.1. The third kappa shape index (κ3) is 3.07. The first-order valence-corrected chi connectivity index (χ1v) is 7.52. The van der Waals surface area contributed by atoms with Crippen molar-refractivity contribution >= 4 is 0 Å². The molecule has 112 valence electrons. The maximum Gasteiger partial charge on any atom is 0.143 e. The predicted octanol–water partition coefficient (Wildman–Crippen LogP) is 2.51.